The summed E-state index contributed by atoms with van der Waals surface area (Å²) < 4.78 is 7.16. The summed E-state index contributed by atoms with van der Waals surface area (Å²) in [6, 6.07) is 3.99. The lowest BCUT2D eigenvalue weighted by molar-refractivity contribution is 0.397. The lowest BCUT2D eigenvalue weighted by Gasteiger charge is -2.30. The monoisotopic (exact) mass is 257 g/mol. The SMILES string of the molecule is COc1ccc2c(n1)-n1cnnc1CN2CC1CC1. The summed E-state index contributed by atoms with van der Waals surface area (Å²) in [6.07, 6.45) is 4.39. The fourth-order valence-corrected chi connectivity index (χ4v) is 2.54. The van der Waals surface area contributed by atoms with E-state index in [9.17, 15) is 0 Å². The van der Waals surface area contributed by atoms with Crippen LogP contribution in [-0.4, -0.2) is 33.4 Å². The Morgan fingerprint density at radius 1 is 1.37 bits per heavy atom. The topological polar surface area (TPSA) is 56.1 Å². The molecule has 1 fully saturated rings. The Balaban J connectivity index is 1.81. The minimum Gasteiger partial charge on any atom is -0.481 e. The van der Waals surface area contributed by atoms with Crippen LogP contribution in [0, 0.1) is 5.92 Å². The number of nitrogens with zero attached hydrogens (tertiary/aromatic N) is 5. The molecule has 0 saturated heterocycles. The van der Waals surface area contributed by atoms with Crippen molar-refractivity contribution in [2.24, 2.45) is 5.92 Å². The van der Waals surface area contributed by atoms with E-state index in [0.717, 1.165) is 36.3 Å². The smallest absolute Gasteiger partial charge is 0.215 e. The molecule has 4 rings (SSSR count). The van der Waals surface area contributed by atoms with E-state index >= 15 is 0 Å². The van der Waals surface area contributed by atoms with Crippen molar-refractivity contribution >= 4 is 5.69 Å². The third-order valence-electron chi connectivity index (χ3n) is 3.73. The molecular formula is C13H15N5O. The van der Waals surface area contributed by atoms with E-state index in [1.165, 1.54) is 12.8 Å². The molecular weight excluding hydrogens is 242 g/mol. The van der Waals surface area contributed by atoms with Crippen molar-refractivity contribution in [1.29, 1.82) is 0 Å². The number of hydrogen-bond donors (Lipinski definition) is 0. The van der Waals surface area contributed by atoms with E-state index in [-0.39, 0.29) is 0 Å². The van der Waals surface area contributed by atoms with Gasteiger partial charge in [0.25, 0.3) is 0 Å². The van der Waals surface area contributed by atoms with Gasteiger partial charge in [-0.1, -0.05) is 0 Å². The summed E-state index contributed by atoms with van der Waals surface area (Å²) in [5.41, 5.74) is 1.14. The number of rotatable bonds is 3. The molecule has 6 heteroatoms. The van der Waals surface area contributed by atoms with Gasteiger partial charge in [0.15, 0.2) is 11.6 Å². The molecule has 0 aromatic carbocycles. The highest BCUT2D eigenvalue weighted by molar-refractivity contribution is 5.62. The van der Waals surface area contributed by atoms with Gasteiger partial charge in [-0.3, -0.25) is 4.57 Å². The Hall–Kier alpha value is -2.11. The summed E-state index contributed by atoms with van der Waals surface area (Å²) in [6.45, 7) is 1.88. The zero-order valence-electron chi connectivity index (χ0n) is 10.8. The number of aromatic nitrogens is 4. The zero-order valence-corrected chi connectivity index (χ0v) is 10.8. The standard InChI is InChI=1S/C13H15N5O/c1-19-12-5-4-10-13(15-12)18-8-14-16-11(18)7-17(10)6-9-2-3-9/h4-5,8-9H,2-3,6-7H2,1H3. The summed E-state index contributed by atoms with van der Waals surface area (Å²) in [5.74, 6) is 3.25. The molecule has 1 aliphatic heterocycles. The van der Waals surface area contributed by atoms with Crippen LogP contribution in [-0.2, 0) is 6.54 Å². The first kappa shape index (κ1) is 10.8. The first-order chi connectivity index (χ1) is 9.35. The average molecular weight is 257 g/mol. The van der Waals surface area contributed by atoms with E-state index < -0.39 is 0 Å². The predicted molar refractivity (Wildman–Crippen MR) is 69.5 cm³/mol. The molecule has 1 aliphatic carbocycles. The lowest BCUT2D eigenvalue weighted by atomic mass is 10.2. The molecule has 0 atom stereocenters. The van der Waals surface area contributed by atoms with Crippen molar-refractivity contribution < 1.29 is 4.74 Å². The van der Waals surface area contributed by atoms with Gasteiger partial charge >= 0.3 is 0 Å². The van der Waals surface area contributed by atoms with Crippen LogP contribution in [0.5, 0.6) is 5.88 Å². The molecule has 0 spiro atoms. The minimum atomic E-state index is 0.617. The summed E-state index contributed by atoms with van der Waals surface area (Å²) >= 11 is 0. The van der Waals surface area contributed by atoms with E-state index in [4.69, 9.17) is 4.74 Å². The molecule has 0 N–H and O–H groups in total. The number of fused-ring (bicyclic) bond motifs is 3. The average Bonchev–Trinajstić information content (AvgIpc) is 3.13. The van der Waals surface area contributed by atoms with Crippen LogP contribution in [0.15, 0.2) is 18.5 Å². The van der Waals surface area contributed by atoms with Gasteiger partial charge in [0.05, 0.1) is 19.3 Å². The van der Waals surface area contributed by atoms with E-state index in [1.54, 1.807) is 13.4 Å². The number of ether oxygens (including phenoxy) is 1. The van der Waals surface area contributed by atoms with E-state index in [2.05, 4.69) is 26.1 Å². The largest absolute Gasteiger partial charge is 0.481 e. The van der Waals surface area contributed by atoms with E-state index in [0.29, 0.717) is 5.88 Å². The maximum absolute atomic E-state index is 5.22. The predicted octanol–water partition coefficient (Wildman–Crippen LogP) is 1.40. The normalized spacial score (nSPS) is 17.0. The van der Waals surface area contributed by atoms with Crippen LogP contribution >= 0.6 is 0 Å². The van der Waals surface area contributed by atoms with Crippen LogP contribution in [0.1, 0.15) is 18.7 Å². The molecule has 0 bridgehead atoms. The molecule has 2 aliphatic rings. The summed E-state index contributed by atoms with van der Waals surface area (Å²) in [5, 5.41) is 8.17. The van der Waals surface area contributed by atoms with Gasteiger partial charge in [-0.05, 0) is 24.8 Å². The highest BCUT2D eigenvalue weighted by Crippen LogP contribution is 2.36. The summed E-state index contributed by atoms with van der Waals surface area (Å²) in [7, 11) is 1.63. The van der Waals surface area contributed by atoms with Gasteiger partial charge in [-0.15, -0.1) is 10.2 Å². The Morgan fingerprint density at radius 3 is 3.05 bits per heavy atom. The van der Waals surface area contributed by atoms with Crippen molar-refractivity contribution in [3.05, 3.63) is 24.3 Å². The van der Waals surface area contributed by atoms with Crippen LogP contribution in [0.2, 0.25) is 0 Å². The fraction of sp³-hybridized carbons (Fsp3) is 0.462. The second kappa shape index (κ2) is 3.94. The highest BCUT2D eigenvalue weighted by atomic mass is 16.5. The molecule has 0 amide bonds. The molecule has 98 valence electrons. The second-order valence-corrected chi connectivity index (χ2v) is 5.14. The molecule has 2 aromatic heterocycles. The number of hydrogen-bond acceptors (Lipinski definition) is 5. The fourth-order valence-electron chi connectivity index (χ4n) is 2.54. The molecule has 19 heavy (non-hydrogen) atoms. The Morgan fingerprint density at radius 2 is 2.26 bits per heavy atom. The third kappa shape index (κ3) is 1.75. The van der Waals surface area contributed by atoms with Gasteiger partial charge in [-0.25, -0.2) is 0 Å². The maximum Gasteiger partial charge on any atom is 0.215 e. The number of methoxy groups -OCH3 is 1. The van der Waals surface area contributed by atoms with Crippen molar-refractivity contribution in [2.45, 2.75) is 19.4 Å². The Kier molecular flexibility index (Phi) is 2.24. The van der Waals surface area contributed by atoms with Gasteiger partial charge in [0.1, 0.15) is 6.33 Å². The summed E-state index contributed by atoms with van der Waals surface area (Å²) in [4.78, 5) is 6.89. The van der Waals surface area contributed by atoms with Crippen molar-refractivity contribution in [3.63, 3.8) is 0 Å². The van der Waals surface area contributed by atoms with Gasteiger partial charge in [-0.2, -0.15) is 4.98 Å². The first-order valence-corrected chi connectivity index (χ1v) is 6.54. The van der Waals surface area contributed by atoms with Crippen LogP contribution in [0.25, 0.3) is 5.82 Å². The molecule has 3 heterocycles. The second-order valence-electron chi connectivity index (χ2n) is 5.14. The van der Waals surface area contributed by atoms with Crippen LogP contribution in [0.4, 0.5) is 5.69 Å². The van der Waals surface area contributed by atoms with Gasteiger partial charge < -0.3 is 9.64 Å². The van der Waals surface area contributed by atoms with Crippen molar-refractivity contribution in [2.75, 3.05) is 18.6 Å². The molecule has 2 aromatic rings. The zero-order chi connectivity index (χ0) is 12.8. The van der Waals surface area contributed by atoms with Crippen LogP contribution < -0.4 is 9.64 Å². The number of pyridine rings is 1. The number of anilines is 1. The van der Waals surface area contributed by atoms with Crippen molar-refractivity contribution in [1.82, 2.24) is 19.7 Å². The maximum atomic E-state index is 5.22. The minimum absolute atomic E-state index is 0.617. The van der Waals surface area contributed by atoms with Gasteiger partial charge in [0, 0.05) is 12.6 Å². The molecule has 0 unspecified atom stereocenters. The van der Waals surface area contributed by atoms with Gasteiger partial charge in [0.2, 0.25) is 5.88 Å². The Labute approximate surface area is 111 Å². The van der Waals surface area contributed by atoms with E-state index in [1.807, 2.05) is 10.6 Å². The molecule has 0 radical (unpaired) electrons. The quantitative estimate of drug-likeness (QED) is 0.832. The van der Waals surface area contributed by atoms with Crippen LogP contribution in [0.3, 0.4) is 0 Å². The highest BCUT2D eigenvalue weighted by Gasteiger charge is 2.30. The lowest BCUT2D eigenvalue weighted by Crippen LogP contribution is -2.31. The molecule has 6 nitrogen and oxygen atoms in total. The van der Waals surface area contributed by atoms with Crippen molar-refractivity contribution in [3.8, 4) is 11.7 Å². The Bertz CT molecular complexity index is 619. The first-order valence-electron chi connectivity index (χ1n) is 6.54. The third-order valence-corrected chi connectivity index (χ3v) is 3.73. The molecule has 1 saturated carbocycles.